The van der Waals surface area contributed by atoms with Crippen molar-refractivity contribution < 1.29 is 24.0 Å². The summed E-state index contributed by atoms with van der Waals surface area (Å²) in [5.74, 6) is -0.413. The van der Waals surface area contributed by atoms with Crippen molar-refractivity contribution in [2.75, 3.05) is 13.7 Å². The third-order valence-corrected chi connectivity index (χ3v) is 6.72. The van der Waals surface area contributed by atoms with Crippen molar-refractivity contribution in [2.45, 2.75) is 45.3 Å². The molecule has 1 N–H and O–H groups in total. The zero-order valence-electron chi connectivity index (χ0n) is 22.1. The van der Waals surface area contributed by atoms with Gasteiger partial charge in [-0.25, -0.2) is 0 Å². The summed E-state index contributed by atoms with van der Waals surface area (Å²) in [6, 6.07) is 20.2. The molecule has 0 fully saturated rings. The lowest BCUT2D eigenvalue weighted by Gasteiger charge is -2.32. The second-order valence-electron chi connectivity index (χ2n) is 9.05. The van der Waals surface area contributed by atoms with E-state index in [1.807, 2.05) is 68.4 Å². The molecule has 2 amide bonds. The number of nitrogens with one attached hydrogen (secondary N) is 1. The smallest absolute Gasteiger partial charge is 0.311 e. The van der Waals surface area contributed by atoms with Crippen LogP contribution in [-0.2, 0) is 22.6 Å². The zero-order valence-corrected chi connectivity index (χ0v) is 23.7. The fraction of sp³-hybridized carbons (Fsp3) is 0.310. The summed E-state index contributed by atoms with van der Waals surface area (Å²) >= 11 is 3.47. The molecule has 0 aliphatic rings. The van der Waals surface area contributed by atoms with Crippen LogP contribution >= 0.6 is 15.9 Å². The van der Waals surface area contributed by atoms with Gasteiger partial charge in [-0.15, -0.1) is 0 Å². The molecule has 0 heterocycles. The van der Waals surface area contributed by atoms with E-state index in [0.717, 1.165) is 22.0 Å². The Morgan fingerprint density at radius 1 is 1.05 bits per heavy atom. The van der Waals surface area contributed by atoms with Crippen molar-refractivity contribution in [3.63, 3.8) is 0 Å². The molecule has 0 unspecified atom stereocenters. The fourth-order valence-electron chi connectivity index (χ4n) is 3.95. The Bertz CT molecular complexity index is 1290. The standard InChI is InChI=1S/C29H32BrN3O6/c1-4-20(2)31-29(35)26(16-21-9-6-5-7-10-21)32(18-22-11-8-12-23(30)15-22)28(34)19-39-24-13-14-25(33(36)37)27(17-24)38-3/h5-15,17,20,26H,4,16,18-19H2,1-3H3,(H,31,35)/t20-,26+/m1/s1. The Balaban J connectivity index is 1.92. The number of hydrogen-bond acceptors (Lipinski definition) is 6. The Morgan fingerprint density at radius 3 is 2.41 bits per heavy atom. The van der Waals surface area contributed by atoms with Crippen molar-refractivity contribution in [3.8, 4) is 11.5 Å². The number of benzene rings is 3. The van der Waals surface area contributed by atoms with Gasteiger partial charge in [-0.05, 0) is 42.7 Å². The number of carbonyl (C=O) groups excluding carboxylic acids is 2. The molecule has 0 aliphatic heterocycles. The number of nitro groups is 1. The van der Waals surface area contributed by atoms with E-state index in [4.69, 9.17) is 9.47 Å². The minimum absolute atomic E-state index is 0.0193. The third-order valence-electron chi connectivity index (χ3n) is 6.22. The third kappa shape index (κ3) is 8.54. The summed E-state index contributed by atoms with van der Waals surface area (Å²) < 4.78 is 11.7. The van der Waals surface area contributed by atoms with Crippen LogP contribution in [-0.4, -0.2) is 47.4 Å². The van der Waals surface area contributed by atoms with Gasteiger partial charge < -0.3 is 19.7 Å². The molecule has 39 heavy (non-hydrogen) atoms. The van der Waals surface area contributed by atoms with Crippen LogP contribution in [0.3, 0.4) is 0 Å². The summed E-state index contributed by atoms with van der Waals surface area (Å²) in [5.41, 5.74) is 1.54. The van der Waals surface area contributed by atoms with Crippen LogP contribution in [0.4, 0.5) is 5.69 Å². The average molecular weight is 598 g/mol. The number of nitrogens with zero attached hydrogens (tertiary/aromatic N) is 2. The van der Waals surface area contributed by atoms with Gasteiger partial charge in [0, 0.05) is 35.6 Å². The highest BCUT2D eigenvalue weighted by atomic mass is 79.9. The van der Waals surface area contributed by atoms with Gasteiger partial charge in [-0.3, -0.25) is 19.7 Å². The maximum absolute atomic E-state index is 13.7. The van der Waals surface area contributed by atoms with E-state index in [1.54, 1.807) is 0 Å². The van der Waals surface area contributed by atoms with Crippen LogP contribution in [0.25, 0.3) is 0 Å². The Kier molecular flexibility index (Phi) is 10.9. The van der Waals surface area contributed by atoms with E-state index in [1.165, 1.54) is 30.2 Å². The lowest BCUT2D eigenvalue weighted by molar-refractivity contribution is -0.385. The molecule has 0 saturated carbocycles. The number of nitro benzene ring substituents is 1. The predicted molar refractivity (Wildman–Crippen MR) is 152 cm³/mol. The first-order valence-corrected chi connectivity index (χ1v) is 13.3. The molecule has 206 valence electrons. The van der Waals surface area contributed by atoms with Gasteiger partial charge in [0.05, 0.1) is 12.0 Å². The quantitative estimate of drug-likeness (QED) is 0.211. The highest BCUT2D eigenvalue weighted by Crippen LogP contribution is 2.31. The number of carbonyl (C=O) groups is 2. The highest BCUT2D eigenvalue weighted by molar-refractivity contribution is 9.10. The van der Waals surface area contributed by atoms with Crippen LogP contribution in [0, 0.1) is 10.1 Å². The average Bonchev–Trinajstić information content (AvgIpc) is 2.93. The van der Waals surface area contributed by atoms with Crippen LogP contribution in [0.1, 0.15) is 31.4 Å². The molecular formula is C29H32BrN3O6. The molecular weight excluding hydrogens is 566 g/mol. The first kappa shape index (κ1) is 29.6. The van der Waals surface area contributed by atoms with Crippen molar-refractivity contribution in [1.82, 2.24) is 10.2 Å². The molecule has 9 nitrogen and oxygen atoms in total. The van der Waals surface area contributed by atoms with E-state index in [9.17, 15) is 19.7 Å². The van der Waals surface area contributed by atoms with E-state index < -0.39 is 16.9 Å². The van der Waals surface area contributed by atoms with E-state index in [-0.39, 0.29) is 42.3 Å². The van der Waals surface area contributed by atoms with Gasteiger partial charge in [-0.1, -0.05) is 65.3 Å². The Morgan fingerprint density at radius 2 is 1.77 bits per heavy atom. The molecule has 3 aromatic carbocycles. The number of halogens is 1. The maximum atomic E-state index is 13.7. The van der Waals surface area contributed by atoms with Crippen molar-refractivity contribution >= 4 is 33.4 Å². The summed E-state index contributed by atoms with van der Waals surface area (Å²) in [6.45, 7) is 3.70. The minimum atomic E-state index is -0.803. The second-order valence-corrected chi connectivity index (χ2v) is 9.97. The van der Waals surface area contributed by atoms with E-state index in [0.29, 0.717) is 6.42 Å². The molecule has 0 saturated heterocycles. The lowest BCUT2D eigenvalue weighted by atomic mass is 10.0. The Labute approximate surface area is 236 Å². The molecule has 0 aliphatic carbocycles. The number of amides is 2. The zero-order chi connectivity index (χ0) is 28.4. The molecule has 0 spiro atoms. The molecule has 0 aromatic heterocycles. The number of rotatable bonds is 13. The van der Waals surface area contributed by atoms with Gasteiger partial charge >= 0.3 is 5.69 Å². The lowest BCUT2D eigenvalue weighted by Crippen LogP contribution is -2.53. The highest BCUT2D eigenvalue weighted by Gasteiger charge is 2.31. The van der Waals surface area contributed by atoms with Crippen LogP contribution in [0.15, 0.2) is 77.3 Å². The van der Waals surface area contributed by atoms with Gasteiger partial charge in [0.1, 0.15) is 11.8 Å². The molecule has 2 atom stereocenters. The van der Waals surface area contributed by atoms with E-state index in [2.05, 4.69) is 21.2 Å². The molecule has 10 heteroatoms. The summed E-state index contributed by atoms with van der Waals surface area (Å²) in [7, 11) is 1.32. The van der Waals surface area contributed by atoms with Crippen LogP contribution < -0.4 is 14.8 Å². The van der Waals surface area contributed by atoms with Crippen molar-refractivity contribution in [3.05, 3.63) is 98.5 Å². The molecule has 0 radical (unpaired) electrons. The SMILES string of the molecule is CC[C@@H](C)NC(=O)[C@H](Cc1ccccc1)N(Cc1cccc(Br)c1)C(=O)COc1ccc([N+](=O)[O-])c(OC)c1. The minimum Gasteiger partial charge on any atom is -0.490 e. The van der Waals surface area contributed by atoms with Gasteiger partial charge in [0.15, 0.2) is 6.61 Å². The molecule has 0 bridgehead atoms. The summed E-state index contributed by atoms with van der Waals surface area (Å²) in [4.78, 5) is 39.4. The van der Waals surface area contributed by atoms with Crippen molar-refractivity contribution in [2.24, 2.45) is 0 Å². The fourth-order valence-corrected chi connectivity index (χ4v) is 4.40. The Hall–Kier alpha value is -3.92. The topological polar surface area (TPSA) is 111 Å². The largest absolute Gasteiger partial charge is 0.490 e. The predicted octanol–water partition coefficient (Wildman–Crippen LogP) is 5.30. The maximum Gasteiger partial charge on any atom is 0.311 e. The summed E-state index contributed by atoms with van der Waals surface area (Å²) in [5, 5.41) is 14.2. The van der Waals surface area contributed by atoms with Crippen molar-refractivity contribution in [1.29, 1.82) is 0 Å². The number of methoxy groups -OCH3 is 1. The van der Waals surface area contributed by atoms with Crippen LogP contribution in [0.5, 0.6) is 11.5 Å². The number of ether oxygens (including phenoxy) is 2. The first-order valence-electron chi connectivity index (χ1n) is 12.5. The molecule has 3 aromatic rings. The number of hydrogen-bond donors (Lipinski definition) is 1. The second kappa shape index (κ2) is 14.3. The van der Waals surface area contributed by atoms with Gasteiger partial charge in [0.25, 0.3) is 5.91 Å². The monoisotopic (exact) mass is 597 g/mol. The summed E-state index contributed by atoms with van der Waals surface area (Å²) in [6.07, 6.45) is 1.06. The first-order chi connectivity index (χ1) is 18.7. The molecule has 3 rings (SSSR count). The normalized spacial score (nSPS) is 12.2. The van der Waals surface area contributed by atoms with Crippen LogP contribution in [0.2, 0.25) is 0 Å². The van der Waals surface area contributed by atoms with Gasteiger partial charge in [0.2, 0.25) is 11.7 Å². The van der Waals surface area contributed by atoms with E-state index >= 15 is 0 Å². The van der Waals surface area contributed by atoms with Gasteiger partial charge in [-0.2, -0.15) is 0 Å².